The number of hydrogen-bond acceptors (Lipinski definition) is 3. The molecular weight excluding hydrogens is 312 g/mol. The molecular formula is C22H46O3. The lowest BCUT2D eigenvalue weighted by atomic mass is 9.93. The van der Waals surface area contributed by atoms with Crippen molar-refractivity contribution in [3.05, 3.63) is 0 Å². The predicted octanol–water partition coefficient (Wildman–Crippen LogP) is 7.23. The summed E-state index contributed by atoms with van der Waals surface area (Å²) in [6, 6.07) is 0. The van der Waals surface area contributed by atoms with Gasteiger partial charge in [-0.05, 0) is 57.8 Å². The summed E-state index contributed by atoms with van der Waals surface area (Å²) in [5.74, 6) is 0. The highest BCUT2D eigenvalue weighted by Crippen LogP contribution is 2.35. The molecule has 0 rings (SSSR count). The maximum absolute atomic E-state index is 6.56. The fourth-order valence-electron chi connectivity index (χ4n) is 3.68. The van der Waals surface area contributed by atoms with E-state index in [1.165, 1.54) is 0 Å². The summed E-state index contributed by atoms with van der Waals surface area (Å²) in [4.78, 5) is 0. The summed E-state index contributed by atoms with van der Waals surface area (Å²) in [7, 11) is 0. The van der Waals surface area contributed by atoms with E-state index in [4.69, 9.17) is 14.2 Å². The molecule has 3 nitrogen and oxygen atoms in total. The van der Waals surface area contributed by atoms with Crippen LogP contribution in [0.25, 0.3) is 0 Å². The third-order valence-electron chi connectivity index (χ3n) is 6.84. The molecule has 0 aromatic heterocycles. The molecule has 0 amide bonds. The summed E-state index contributed by atoms with van der Waals surface area (Å²) in [5.41, 5.74) is -0.522. The van der Waals surface area contributed by atoms with Gasteiger partial charge >= 0.3 is 0 Å². The van der Waals surface area contributed by atoms with Gasteiger partial charge in [-0.25, -0.2) is 0 Å². The first-order chi connectivity index (χ1) is 11.8. The van der Waals surface area contributed by atoms with Crippen molar-refractivity contribution < 1.29 is 14.2 Å². The molecule has 0 N–H and O–H groups in total. The van der Waals surface area contributed by atoms with Crippen LogP contribution in [-0.2, 0) is 14.2 Å². The monoisotopic (exact) mass is 358 g/mol. The number of ether oxygens (including phenoxy) is 3. The molecule has 0 saturated carbocycles. The van der Waals surface area contributed by atoms with E-state index in [1.807, 2.05) is 0 Å². The molecule has 0 atom stereocenters. The molecule has 25 heavy (non-hydrogen) atoms. The molecule has 0 aromatic rings. The first kappa shape index (κ1) is 24.9. The van der Waals surface area contributed by atoms with Gasteiger partial charge in [0.2, 0.25) is 0 Å². The van der Waals surface area contributed by atoms with Crippen LogP contribution in [0.15, 0.2) is 0 Å². The highest BCUT2D eigenvalue weighted by molar-refractivity contribution is 4.81. The zero-order valence-corrected chi connectivity index (χ0v) is 18.7. The van der Waals surface area contributed by atoms with E-state index in [9.17, 15) is 0 Å². The Balaban J connectivity index is 5.64. The SMILES string of the molecule is CCC(CC)(CC)OC(OC(CC)(CC)CC)OC(CC)(CC)CC. The molecule has 0 fully saturated rings. The molecule has 0 aliphatic carbocycles. The lowest BCUT2D eigenvalue weighted by molar-refractivity contribution is -0.389. The van der Waals surface area contributed by atoms with Gasteiger partial charge in [-0.1, -0.05) is 62.3 Å². The van der Waals surface area contributed by atoms with E-state index >= 15 is 0 Å². The van der Waals surface area contributed by atoms with Crippen molar-refractivity contribution in [3.8, 4) is 0 Å². The van der Waals surface area contributed by atoms with Crippen molar-refractivity contribution in [1.82, 2.24) is 0 Å². The summed E-state index contributed by atoms with van der Waals surface area (Å²) < 4.78 is 19.7. The maximum atomic E-state index is 6.56. The Kier molecular flexibility index (Phi) is 11.5. The molecule has 0 aliphatic rings. The highest BCUT2D eigenvalue weighted by Gasteiger charge is 2.39. The van der Waals surface area contributed by atoms with Gasteiger partial charge < -0.3 is 14.2 Å². The van der Waals surface area contributed by atoms with Crippen molar-refractivity contribution >= 4 is 0 Å². The molecule has 0 radical (unpaired) electrons. The van der Waals surface area contributed by atoms with Gasteiger partial charge in [0, 0.05) is 0 Å². The standard InChI is InChI=1S/C22H46O3/c1-10-20(11-2,12-3)23-19(24-21(13-4,14-5)15-6)25-22(16-7,17-8)18-9/h19H,10-18H2,1-9H3. The average Bonchev–Trinajstić information content (AvgIpc) is 2.68. The molecule has 152 valence electrons. The zero-order chi connectivity index (χ0) is 19.6. The van der Waals surface area contributed by atoms with Crippen LogP contribution in [0.2, 0.25) is 0 Å². The van der Waals surface area contributed by atoms with Gasteiger partial charge in [0.15, 0.2) is 0 Å². The lowest BCUT2D eigenvalue weighted by Crippen LogP contribution is -2.47. The minimum absolute atomic E-state index is 0.174. The molecule has 0 spiro atoms. The Morgan fingerprint density at radius 2 is 0.560 bits per heavy atom. The topological polar surface area (TPSA) is 27.7 Å². The minimum atomic E-state index is -0.598. The molecule has 0 bridgehead atoms. The van der Waals surface area contributed by atoms with E-state index in [-0.39, 0.29) is 16.8 Å². The van der Waals surface area contributed by atoms with E-state index in [0.29, 0.717) is 0 Å². The maximum Gasteiger partial charge on any atom is 0.273 e. The third-order valence-corrected chi connectivity index (χ3v) is 6.84. The zero-order valence-electron chi connectivity index (χ0n) is 18.7. The van der Waals surface area contributed by atoms with Gasteiger partial charge in [-0.2, -0.15) is 0 Å². The summed E-state index contributed by atoms with van der Waals surface area (Å²) in [6.45, 7) is 19.2. The van der Waals surface area contributed by atoms with Gasteiger partial charge in [-0.15, -0.1) is 0 Å². The normalized spacial score (nSPS) is 13.7. The van der Waals surface area contributed by atoms with Crippen LogP contribution in [0, 0.1) is 0 Å². The third kappa shape index (κ3) is 6.52. The van der Waals surface area contributed by atoms with Crippen LogP contribution in [0.4, 0.5) is 0 Å². The Morgan fingerprint density at radius 3 is 0.680 bits per heavy atom. The second kappa shape index (κ2) is 11.6. The van der Waals surface area contributed by atoms with Gasteiger partial charge in [0.25, 0.3) is 6.48 Å². The number of hydrogen-bond donors (Lipinski definition) is 0. The first-order valence-corrected chi connectivity index (χ1v) is 10.9. The molecule has 0 saturated heterocycles. The van der Waals surface area contributed by atoms with Gasteiger partial charge in [0.1, 0.15) is 0 Å². The van der Waals surface area contributed by atoms with Gasteiger partial charge in [0.05, 0.1) is 16.8 Å². The van der Waals surface area contributed by atoms with Gasteiger partial charge in [-0.3, -0.25) is 0 Å². The van der Waals surface area contributed by atoms with Crippen LogP contribution < -0.4 is 0 Å². The van der Waals surface area contributed by atoms with Crippen LogP contribution in [0.1, 0.15) is 120 Å². The minimum Gasteiger partial charge on any atom is -0.323 e. The van der Waals surface area contributed by atoms with E-state index in [1.54, 1.807) is 0 Å². The summed E-state index contributed by atoms with van der Waals surface area (Å²) in [5, 5.41) is 0. The fourth-order valence-corrected chi connectivity index (χ4v) is 3.68. The Bertz CT molecular complexity index is 251. The molecule has 0 aromatic carbocycles. The largest absolute Gasteiger partial charge is 0.323 e. The van der Waals surface area contributed by atoms with Crippen molar-refractivity contribution in [2.45, 2.75) is 143 Å². The van der Waals surface area contributed by atoms with Crippen LogP contribution in [0.3, 0.4) is 0 Å². The molecule has 0 unspecified atom stereocenters. The number of rotatable bonds is 15. The van der Waals surface area contributed by atoms with E-state index in [0.717, 1.165) is 57.8 Å². The van der Waals surface area contributed by atoms with Crippen LogP contribution in [0.5, 0.6) is 0 Å². The van der Waals surface area contributed by atoms with E-state index < -0.39 is 6.48 Å². The second-order valence-electron chi connectivity index (χ2n) is 7.37. The lowest BCUT2D eigenvalue weighted by Gasteiger charge is -2.43. The first-order valence-electron chi connectivity index (χ1n) is 10.9. The average molecular weight is 359 g/mol. The van der Waals surface area contributed by atoms with Crippen LogP contribution in [-0.4, -0.2) is 23.3 Å². The summed E-state index contributed by atoms with van der Waals surface area (Å²) in [6.07, 6.45) is 8.73. The predicted molar refractivity (Wildman–Crippen MR) is 108 cm³/mol. The fraction of sp³-hybridized carbons (Fsp3) is 1.00. The van der Waals surface area contributed by atoms with Crippen molar-refractivity contribution in [3.63, 3.8) is 0 Å². The summed E-state index contributed by atoms with van der Waals surface area (Å²) >= 11 is 0. The Labute approximate surface area is 158 Å². The Morgan fingerprint density at radius 1 is 0.400 bits per heavy atom. The smallest absolute Gasteiger partial charge is 0.273 e. The van der Waals surface area contributed by atoms with Crippen molar-refractivity contribution in [2.24, 2.45) is 0 Å². The second-order valence-corrected chi connectivity index (χ2v) is 7.37. The van der Waals surface area contributed by atoms with Crippen molar-refractivity contribution in [1.29, 1.82) is 0 Å². The Hall–Kier alpha value is -0.120. The molecule has 0 heterocycles. The van der Waals surface area contributed by atoms with Crippen molar-refractivity contribution in [2.75, 3.05) is 0 Å². The quantitative estimate of drug-likeness (QED) is 0.289. The highest BCUT2D eigenvalue weighted by atomic mass is 16.9. The van der Waals surface area contributed by atoms with Crippen LogP contribution >= 0.6 is 0 Å². The van der Waals surface area contributed by atoms with E-state index in [2.05, 4.69) is 62.3 Å². The molecule has 3 heteroatoms. The molecule has 0 aliphatic heterocycles.